The zero-order valence-electron chi connectivity index (χ0n) is 8.90. The second-order valence-electron chi connectivity index (χ2n) is 3.63. The van der Waals surface area contributed by atoms with Crippen molar-refractivity contribution < 1.29 is 5.11 Å². The summed E-state index contributed by atoms with van der Waals surface area (Å²) in [6.45, 7) is 3.30. The maximum absolute atomic E-state index is 9.05. The Morgan fingerprint density at radius 3 is 3.00 bits per heavy atom. The predicted octanol–water partition coefficient (Wildman–Crippen LogP) is 1.42. The van der Waals surface area contributed by atoms with Crippen LogP contribution in [-0.4, -0.2) is 17.8 Å². The van der Waals surface area contributed by atoms with Crippen LogP contribution in [0.2, 0.25) is 0 Å². The lowest BCUT2D eigenvalue weighted by atomic mass is 10.1. The lowest BCUT2D eigenvalue weighted by molar-refractivity contribution is 0.183. The van der Waals surface area contributed by atoms with Gasteiger partial charge in [-0.1, -0.05) is 12.1 Å². The minimum atomic E-state index is -0.261. The Bertz CT molecular complexity index is 342. The fourth-order valence-corrected chi connectivity index (χ4v) is 1.29. The molecule has 3 heteroatoms. The van der Waals surface area contributed by atoms with E-state index in [0.29, 0.717) is 5.56 Å². The molecule has 0 saturated heterocycles. The van der Waals surface area contributed by atoms with Gasteiger partial charge in [-0.05, 0) is 37.6 Å². The number of benzene rings is 1. The minimum Gasteiger partial charge on any atom is -0.393 e. The molecule has 15 heavy (non-hydrogen) atoms. The van der Waals surface area contributed by atoms with Gasteiger partial charge in [0.2, 0.25) is 0 Å². The molecule has 0 bridgehead atoms. The van der Waals surface area contributed by atoms with Crippen LogP contribution in [0.3, 0.4) is 0 Å². The molecule has 0 heterocycles. The fraction of sp³-hybridized carbons (Fsp3) is 0.417. The van der Waals surface area contributed by atoms with Gasteiger partial charge in [-0.3, -0.25) is 0 Å². The molecule has 1 aromatic rings. The van der Waals surface area contributed by atoms with Crippen molar-refractivity contribution in [2.75, 3.05) is 6.54 Å². The molecule has 0 spiro atoms. The van der Waals surface area contributed by atoms with Gasteiger partial charge in [-0.15, -0.1) is 0 Å². The van der Waals surface area contributed by atoms with Crippen LogP contribution in [0, 0.1) is 11.3 Å². The fourth-order valence-electron chi connectivity index (χ4n) is 1.29. The summed E-state index contributed by atoms with van der Waals surface area (Å²) in [5, 5.41) is 21.0. The highest BCUT2D eigenvalue weighted by Crippen LogP contribution is 2.03. The summed E-state index contributed by atoms with van der Waals surface area (Å²) in [5.41, 5.74) is 1.78. The summed E-state index contributed by atoms with van der Waals surface area (Å²) < 4.78 is 0. The van der Waals surface area contributed by atoms with Gasteiger partial charge in [0.05, 0.1) is 17.7 Å². The highest BCUT2D eigenvalue weighted by atomic mass is 16.3. The van der Waals surface area contributed by atoms with Crippen molar-refractivity contribution in [2.24, 2.45) is 0 Å². The Labute approximate surface area is 90.4 Å². The highest BCUT2D eigenvalue weighted by molar-refractivity contribution is 5.32. The van der Waals surface area contributed by atoms with Crippen LogP contribution in [0.15, 0.2) is 24.3 Å². The number of hydrogen-bond acceptors (Lipinski definition) is 3. The van der Waals surface area contributed by atoms with Gasteiger partial charge < -0.3 is 10.4 Å². The van der Waals surface area contributed by atoms with Gasteiger partial charge in [0.1, 0.15) is 0 Å². The third-order valence-corrected chi connectivity index (χ3v) is 2.12. The number of hydrogen-bond donors (Lipinski definition) is 2. The molecule has 1 aromatic carbocycles. The number of rotatable bonds is 5. The van der Waals surface area contributed by atoms with E-state index in [2.05, 4.69) is 11.4 Å². The molecule has 80 valence electrons. The van der Waals surface area contributed by atoms with Gasteiger partial charge in [0, 0.05) is 6.54 Å². The quantitative estimate of drug-likeness (QED) is 0.713. The molecule has 0 amide bonds. The van der Waals surface area contributed by atoms with E-state index in [1.165, 1.54) is 0 Å². The molecule has 0 saturated carbocycles. The van der Waals surface area contributed by atoms with Crippen LogP contribution in [0.25, 0.3) is 0 Å². The van der Waals surface area contributed by atoms with Gasteiger partial charge in [-0.2, -0.15) is 5.26 Å². The first kappa shape index (κ1) is 11.7. The lowest BCUT2D eigenvalue weighted by Gasteiger charge is -2.06. The number of nitriles is 1. The number of aliphatic hydroxyl groups is 1. The first-order chi connectivity index (χ1) is 7.22. The van der Waals surface area contributed by atoms with Gasteiger partial charge in [0.25, 0.3) is 0 Å². The van der Waals surface area contributed by atoms with Gasteiger partial charge >= 0.3 is 0 Å². The van der Waals surface area contributed by atoms with Crippen molar-refractivity contribution >= 4 is 0 Å². The first-order valence-corrected chi connectivity index (χ1v) is 5.10. The summed E-state index contributed by atoms with van der Waals surface area (Å²) in [7, 11) is 0. The SMILES string of the molecule is C[C@@H](O)CCNCc1cccc(C#N)c1. The van der Waals surface area contributed by atoms with Crippen molar-refractivity contribution in [2.45, 2.75) is 26.0 Å². The summed E-state index contributed by atoms with van der Waals surface area (Å²) in [6.07, 6.45) is 0.487. The predicted molar refractivity (Wildman–Crippen MR) is 59.2 cm³/mol. The Kier molecular flexibility index (Phi) is 4.82. The highest BCUT2D eigenvalue weighted by Gasteiger charge is 1.97. The molecule has 1 rings (SSSR count). The molecule has 0 aliphatic rings. The lowest BCUT2D eigenvalue weighted by Crippen LogP contribution is -2.18. The number of nitrogens with zero attached hydrogens (tertiary/aromatic N) is 1. The standard InChI is InChI=1S/C12H16N2O/c1-10(15)5-6-14-9-12-4-2-3-11(7-12)8-13/h2-4,7,10,14-15H,5-6,9H2,1H3/t10-/m1/s1. The van der Waals surface area contributed by atoms with E-state index >= 15 is 0 Å². The Morgan fingerprint density at radius 1 is 1.53 bits per heavy atom. The molecule has 3 nitrogen and oxygen atoms in total. The van der Waals surface area contributed by atoms with Gasteiger partial charge in [-0.25, -0.2) is 0 Å². The Morgan fingerprint density at radius 2 is 2.33 bits per heavy atom. The van der Waals surface area contributed by atoms with Crippen molar-refractivity contribution in [3.8, 4) is 6.07 Å². The van der Waals surface area contributed by atoms with E-state index in [-0.39, 0.29) is 6.10 Å². The first-order valence-electron chi connectivity index (χ1n) is 5.10. The largest absolute Gasteiger partial charge is 0.393 e. The van der Waals surface area contributed by atoms with E-state index in [0.717, 1.165) is 25.1 Å². The van der Waals surface area contributed by atoms with E-state index in [9.17, 15) is 0 Å². The van der Waals surface area contributed by atoms with Crippen LogP contribution in [0.5, 0.6) is 0 Å². The Balaban J connectivity index is 2.35. The maximum atomic E-state index is 9.05. The number of nitrogens with one attached hydrogen (secondary N) is 1. The molecule has 0 radical (unpaired) electrons. The van der Waals surface area contributed by atoms with Gasteiger partial charge in [0.15, 0.2) is 0 Å². The van der Waals surface area contributed by atoms with Crippen LogP contribution in [0.1, 0.15) is 24.5 Å². The minimum absolute atomic E-state index is 0.261. The third kappa shape index (κ3) is 4.59. The molecule has 0 aliphatic heterocycles. The monoisotopic (exact) mass is 204 g/mol. The molecule has 0 aromatic heterocycles. The molecule has 0 fully saturated rings. The maximum Gasteiger partial charge on any atom is 0.0991 e. The average Bonchev–Trinajstić information content (AvgIpc) is 2.24. The zero-order valence-corrected chi connectivity index (χ0v) is 8.90. The smallest absolute Gasteiger partial charge is 0.0991 e. The molecular formula is C12H16N2O. The molecule has 1 atom stereocenters. The molecule has 2 N–H and O–H groups in total. The van der Waals surface area contributed by atoms with E-state index in [1.807, 2.05) is 18.2 Å². The third-order valence-electron chi connectivity index (χ3n) is 2.12. The molecule has 0 aliphatic carbocycles. The van der Waals surface area contributed by atoms with Crippen LogP contribution >= 0.6 is 0 Å². The average molecular weight is 204 g/mol. The Hall–Kier alpha value is -1.37. The summed E-state index contributed by atoms with van der Waals surface area (Å²) in [4.78, 5) is 0. The van der Waals surface area contributed by atoms with E-state index < -0.39 is 0 Å². The molecular weight excluding hydrogens is 188 g/mol. The van der Waals surface area contributed by atoms with Crippen molar-refractivity contribution in [1.82, 2.24) is 5.32 Å². The van der Waals surface area contributed by atoms with Crippen molar-refractivity contribution in [1.29, 1.82) is 5.26 Å². The second kappa shape index (κ2) is 6.18. The van der Waals surface area contributed by atoms with Crippen LogP contribution < -0.4 is 5.32 Å². The van der Waals surface area contributed by atoms with Crippen molar-refractivity contribution in [3.63, 3.8) is 0 Å². The van der Waals surface area contributed by atoms with Crippen LogP contribution in [0.4, 0.5) is 0 Å². The van der Waals surface area contributed by atoms with E-state index in [1.54, 1.807) is 13.0 Å². The second-order valence-corrected chi connectivity index (χ2v) is 3.63. The summed E-state index contributed by atoms with van der Waals surface area (Å²) in [6, 6.07) is 9.63. The summed E-state index contributed by atoms with van der Waals surface area (Å²) in [5.74, 6) is 0. The number of aliphatic hydroxyl groups excluding tert-OH is 1. The topological polar surface area (TPSA) is 56.0 Å². The van der Waals surface area contributed by atoms with Crippen molar-refractivity contribution in [3.05, 3.63) is 35.4 Å². The summed E-state index contributed by atoms with van der Waals surface area (Å²) >= 11 is 0. The normalized spacial score (nSPS) is 12.1. The van der Waals surface area contributed by atoms with Crippen LogP contribution in [-0.2, 0) is 6.54 Å². The molecule has 0 unspecified atom stereocenters. The zero-order chi connectivity index (χ0) is 11.1. The van der Waals surface area contributed by atoms with E-state index in [4.69, 9.17) is 10.4 Å².